The number of amides is 1. The summed E-state index contributed by atoms with van der Waals surface area (Å²) in [5.74, 6) is 0.000926. The van der Waals surface area contributed by atoms with Crippen LogP contribution in [0.3, 0.4) is 0 Å². The van der Waals surface area contributed by atoms with Crippen molar-refractivity contribution in [3.63, 3.8) is 0 Å². The number of rotatable bonds is 3. The third-order valence-electron chi connectivity index (χ3n) is 3.48. The molecule has 0 atom stereocenters. The molecule has 0 unspecified atom stereocenters. The number of aryl methyl sites for hydroxylation is 2. The number of hydrogen-bond acceptors (Lipinski definition) is 2. The van der Waals surface area contributed by atoms with E-state index in [9.17, 15) is 4.79 Å². The minimum absolute atomic E-state index is 0.000926. The standard InChI is InChI=1S/C17H20N2O/c1-4-19(15-11-6-5-10-14(15)18)17(20)16-12(2)8-7-9-13(16)3/h5-11H,4,18H2,1-3H3. The van der Waals surface area contributed by atoms with Gasteiger partial charge in [0.1, 0.15) is 0 Å². The molecule has 20 heavy (non-hydrogen) atoms. The largest absolute Gasteiger partial charge is 0.397 e. The van der Waals surface area contributed by atoms with Gasteiger partial charge in [0.05, 0.1) is 11.4 Å². The molecule has 0 aromatic heterocycles. The van der Waals surface area contributed by atoms with Crippen LogP contribution in [0.4, 0.5) is 11.4 Å². The van der Waals surface area contributed by atoms with E-state index >= 15 is 0 Å². The zero-order chi connectivity index (χ0) is 14.7. The summed E-state index contributed by atoms with van der Waals surface area (Å²) in [4.78, 5) is 14.6. The molecule has 0 radical (unpaired) electrons. The Balaban J connectivity index is 2.48. The summed E-state index contributed by atoms with van der Waals surface area (Å²) in [5, 5.41) is 0. The van der Waals surface area contributed by atoms with Crippen molar-refractivity contribution in [3.8, 4) is 0 Å². The average Bonchev–Trinajstić information content (AvgIpc) is 2.41. The van der Waals surface area contributed by atoms with E-state index in [2.05, 4.69) is 0 Å². The molecular formula is C17H20N2O. The maximum absolute atomic E-state index is 12.8. The molecule has 104 valence electrons. The minimum atomic E-state index is 0.000926. The third kappa shape index (κ3) is 2.52. The molecule has 0 heterocycles. The molecule has 0 aliphatic heterocycles. The van der Waals surface area contributed by atoms with Crippen LogP contribution < -0.4 is 10.6 Å². The number of carbonyl (C=O) groups excluding carboxylic acids is 1. The van der Waals surface area contributed by atoms with Crippen LogP contribution >= 0.6 is 0 Å². The lowest BCUT2D eigenvalue weighted by Gasteiger charge is -2.24. The summed E-state index contributed by atoms with van der Waals surface area (Å²) in [6.45, 7) is 6.46. The minimum Gasteiger partial charge on any atom is -0.397 e. The molecule has 2 N–H and O–H groups in total. The zero-order valence-corrected chi connectivity index (χ0v) is 12.2. The Labute approximate surface area is 120 Å². The van der Waals surface area contributed by atoms with Crippen LogP contribution in [0.1, 0.15) is 28.4 Å². The number of para-hydroxylation sites is 2. The second kappa shape index (κ2) is 5.78. The fraction of sp³-hybridized carbons (Fsp3) is 0.235. The normalized spacial score (nSPS) is 10.3. The van der Waals surface area contributed by atoms with E-state index in [0.29, 0.717) is 12.2 Å². The highest BCUT2D eigenvalue weighted by Crippen LogP contribution is 2.25. The van der Waals surface area contributed by atoms with Gasteiger partial charge < -0.3 is 10.6 Å². The van der Waals surface area contributed by atoms with E-state index in [4.69, 9.17) is 5.73 Å². The zero-order valence-electron chi connectivity index (χ0n) is 12.2. The summed E-state index contributed by atoms with van der Waals surface area (Å²) in [5.41, 5.74) is 10.1. The second-order valence-electron chi connectivity index (χ2n) is 4.88. The fourth-order valence-corrected chi connectivity index (χ4v) is 2.44. The SMILES string of the molecule is CCN(C(=O)c1c(C)cccc1C)c1ccccc1N. The lowest BCUT2D eigenvalue weighted by molar-refractivity contribution is 0.0987. The first-order valence-corrected chi connectivity index (χ1v) is 6.78. The summed E-state index contributed by atoms with van der Waals surface area (Å²) < 4.78 is 0. The predicted octanol–water partition coefficient (Wildman–Crippen LogP) is 3.55. The topological polar surface area (TPSA) is 46.3 Å². The Hall–Kier alpha value is -2.29. The molecule has 0 spiro atoms. The van der Waals surface area contributed by atoms with Gasteiger partial charge in [-0.1, -0.05) is 30.3 Å². The number of benzene rings is 2. The Morgan fingerprint density at radius 1 is 1.05 bits per heavy atom. The van der Waals surface area contributed by atoms with Crippen LogP contribution in [0.2, 0.25) is 0 Å². The molecule has 0 saturated carbocycles. The Bertz CT molecular complexity index is 614. The van der Waals surface area contributed by atoms with Gasteiger partial charge in [0.2, 0.25) is 0 Å². The monoisotopic (exact) mass is 268 g/mol. The van der Waals surface area contributed by atoms with Gasteiger partial charge in [0.25, 0.3) is 5.91 Å². The van der Waals surface area contributed by atoms with Gasteiger partial charge in [0.15, 0.2) is 0 Å². The van der Waals surface area contributed by atoms with Gasteiger partial charge in [-0.2, -0.15) is 0 Å². The molecule has 0 saturated heterocycles. The van der Waals surface area contributed by atoms with Crippen LogP contribution in [0.5, 0.6) is 0 Å². The van der Waals surface area contributed by atoms with Crippen molar-refractivity contribution in [2.75, 3.05) is 17.2 Å². The molecule has 1 amide bonds. The highest BCUT2D eigenvalue weighted by Gasteiger charge is 2.20. The molecular weight excluding hydrogens is 248 g/mol. The van der Waals surface area contributed by atoms with Crippen molar-refractivity contribution in [1.82, 2.24) is 0 Å². The van der Waals surface area contributed by atoms with Gasteiger partial charge in [-0.3, -0.25) is 4.79 Å². The molecule has 0 aliphatic carbocycles. The molecule has 2 rings (SSSR count). The molecule has 3 heteroatoms. The first-order valence-electron chi connectivity index (χ1n) is 6.78. The summed E-state index contributed by atoms with van der Waals surface area (Å²) >= 11 is 0. The van der Waals surface area contributed by atoms with Crippen LogP contribution in [-0.2, 0) is 0 Å². The first-order chi connectivity index (χ1) is 9.56. The number of nitrogens with zero attached hydrogens (tertiary/aromatic N) is 1. The summed E-state index contributed by atoms with van der Waals surface area (Å²) in [6, 6.07) is 13.3. The van der Waals surface area contributed by atoms with Gasteiger partial charge in [-0.25, -0.2) is 0 Å². The van der Waals surface area contributed by atoms with E-state index in [0.717, 1.165) is 22.4 Å². The Kier molecular flexibility index (Phi) is 4.08. The third-order valence-corrected chi connectivity index (χ3v) is 3.48. The van der Waals surface area contributed by atoms with Crippen LogP contribution in [0, 0.1) is 13.8 Å². The molecule has 3 nitrogen and oxygen atoms in total. The van der Waals surface area contributed by atoms with E-state index in [1.807, 2.05) is 63.2 Å². The van der Waals surface area contributed by atoms with Gasteiger partial charge in [0, 0.05) is 12.1 Å². The highest BCUT2D eigenvalue weighted by atomic mass is 16.2. The van der Waals surface area contributed by atoms with Crippen LogP contribution in [0.15, 0.2) is 42.5 Å². The van der Waals surface area contributed by atoms with Gasteiger partial charge in [-0.05, 0) is 44.0 Å². The Morgan fingerprint density at radius 2 is 1.65 bits per heavy atom. The predicted molar refractivity (Wildman–Crippen MR) is 84.1 cm³/mol. The van der Waals surface area contributed by atoms with E-state index in [-0.39, 0.29) is 5.91 Å². The van der Waals surface area contributed by atoms with E-state index in [1.54, 1.807) is 4.90 Å². The summed E-state index contributed by atoms with van der Waals surface area (Å²) in [6.07, 6.45) is 0. The molecule has 0 fully saturated rings. The average molecular weight is 268 g/mol. The molecule has 2 aromatic carbocycles. The number of nitrogen functional groups attached to an aromatic ring is 1. The van der Waals surface area contributed by atoms with E-state index in [1.165, 1.54) is 0 Å². The van der Waals surface area contributed by atoms with Crippen molar-refractivity contribution < 1.29 is 4.79 Å². The lowest BCUT2D eigenvalue weighted by atomic mass is 10.0. The van der Waals surface area contributed by atoms with Crippen molar-refractivity contribution in [2.45, 2.75) is 20.8 Å². The highest BCUT2D eigenvalue weighted by molar-refractivity contribution is 6.09. The lowest BCUT2D eigenvalue weighted by Crippen LogP contribution is -2.32. The number of carbonyl (C=O) groups is 1. The second-order valence-corrected chi connectivity index (χ2v) is 4.88. The van der Waals surface area contributed by atoms with Crippen molar-refractivity contribution >= 4 is 17.3 Å². The van der Waals surface area contributed by atoms with E-state index < -0.39 is 0 Å². The summed E-state index contributed by atoms with van der Waals surface area (Å²) in [7, 11) is 0. The van der Waals surface area contributed by atoms with Crippen molar-refractivity contribution in [2.24, 2.45) is 0 Å². The van der Waals surface area contributed by atoms with Crippen LogP contribution in [0.25, 0.3) is 0 Å². The number of hydrogen-bond donors (Lipinski definition) is 1. The Morgan fingerprint density at radius 3 is 2.20 bits per heavy atom. The molecule has 0 bridgehead atoms. The maximum Gasteiger partial charge on any atom is 0.258 e. The first kappa shape index (κ1) is 14.1. The van der Waals surface area contributed by atoms with Gasteiger partial charge >= 0.3 is 0 Å². The maximum atomic E-state index is 12.8. The number of nitrogens with two attached hydrogens (primary N) is 1. The molecule has 2 aromatic rings. The fourth-order valence-electron chi connectivity index (χ4n) is 2.44. The van der Waals surface area contributed by atoms with Gasteiger partial charge in [-0.15, -0.1) is 0 Å². The van der Waals surface area contributed by atoms with Crippen molar-refractivity contribution in [1.29, 1.82) is 0 Å². The molecule has 0 aliphatic rings. The van der Waals surface area contributed by atoms with Crippen LogP contribution in [-0.4, -0.2) is 12.5 Å². The number of anilines is 2. The smallest absolute Gasteiger partial charge is 0.258 e. The quantitative estimate of drug-likeness (QED) is 0.865. The van der Waals surface area contributed by atoms with Crippen molar-refractivity contribution in [3.05, 3.63) is 59.2 Å².